The van der Waals surface area contributed by atoms with Crippen LogP contribution in [-0.4, -0.2) is 62.3 Å². The molecule has 0 spiro atoms. The number of hydrogen-bond donors (Lipinski definition) is 3. The number of phenols is 1. The number of pyridine rings is 1. The number of hydrogen-bond acceptors (Lipinski definition) is 8. The van der Waals surface area contributed by atoms with Gasteiger partial charge in [-0.1, -0.05) is 0 Å². The number of morpholine rings is 1. The molecule has 1 saturated heterocycles. The number of aromatic nitrogens is 4. The van der Waals surface area contributed by atoms with Crippen LogP contribution in [0.4, 0.5) is 20.3 Å². The molecule has 0 aliphatic carbocycles. The smallest absolute Gasteiger partial charge is 0.263 e. The Morgan fingerprint density at radius 1 is 1.15 bits per heavy atom. The van der Waals surface area contributed by atoms with Gasteiger partial charge in [0.1, 0.15) is 18.0 Å². The molecule has 0 bridgehead atoms. The molecule has 202 valence electrons. The van der Waals surface area contributed by atoms with Gasteiger partial charge in [-0.3, -0.25) is 14.4 Å². The molecule has 1 aromatic carbocycles. The first kappa shape index (κ1) is 25.8. The van der Waals surface area contributed by atoms with Crippen molar-refractivity contribution in [1.29, 1.82) is 0 Å². The highest BCUT2D eigenvalue weighted by Gasteiger charge is 2.22. The van der Waals surface area contributed by atoms with Gasteiger partial charge in [-0.25, -0.2) is 18.7 Å². The van der Waals surface area contributed by atoms with Crippen molar-refractivity contribution >= 4 is 34.4 Å². The summed E-state index contributed by atoms with van der Waals surface area (Å²) in [5, 5.41) is 12.4. The Kier molecular flexibility index (Phi) is 6.70. The maximum absolute atomic E-state index is 14.5. The number of nitrogens with zero attached hydrogens (tertiary/aromatic N) is 5. The molecular formula is C25H23F2N7O5. The van der Waals surface area contributed by atoms with Crippen molar-refractivity contribution in [3.63, 3.8) is 0 Å². The number of carbonyl (C=O) groups is 2. The minimum absolute atomic E-state index is 0.0398. The molecule has 0 atom stereocenters. The highest BCUT2D eigenvalue weighted by molar-refractivity contribution is 6.00. The van der Waals surface area contributed by atoms with Crippen LogP contribution >= 0.6 is 0 Å². The molecule has 5 rings (SSSR count). The minimum atomic E-state index is -1.12. The van der Waals surface area contributed by atoms with Gasteiger partial charge in [0.05, 0.1) is 42.4 Å². The summed E-state index contributed by atoms with van der Waals surface area (Å²) in [4.78, 5) is 48.0. The number of nitrogens with one attached hydrogen (secondary N) is 1. The monoisotopic (exact) mass is 539 g/mol. The number of ether oxygens (including phenoxy) is 1. The second kappa shape index (κ2) is 10.1. The second-order valence-corrected chi connectivity index (χ2v) is 8.92. The van der Waals surface area contributed by atoms with Crippen molar-refractivity contribution in [2.24, 2.45) is 12.8 Å². The van der Waals surface area contributed by atoms with Crippen LogP contribution in [0.3, 0.4) is 0 Å². The van der Waals surface area contributed by atoms with E-state index in [9.17, 15) is 28.3 Å². The molecule has 4 heterocycles. The lowest BCUT2D eigenvalue weighted by atomic mass is 10.0. The quantitative estimate of drug-likeness (QED) is 0.331. The van der Waals surface area contributed by atoms with E-state index in [0.717, 1.165) is 18.3 Å². The van der Waals surface area contributed by atoms with Crippen LogP contribution in [0.25, 0.3) is 22.2 Å². The molecule has 14 heteroatoms. The Morgan fingerprint density at radius 3 is 2.62 bits per heavy atom. The molecule has 2 amide bonds. The fraction of sp³-hybridized carbons (Fsp3) is 0.240. The van der Waals surface area contributed by atoms with Crippen molar-refractivity contribution in [1.82, 2.24) is 19.1 Å². The molecule has 3 aromatic heterocycles. The predicted molar refractivity (Wildman–Crippen MR) is 136 cm³/mol. The first-order chi connectivity index (χ1) is 18.6. The van der Waals surface area contributed by atoms with Crippen LogP contribution in [0.1, 0.15) is 10.4 Å². The second-order valence-electron chi connectivity index (χ2n) is 8.92. The van der Waals surface area contributed by atoms with E-state index in [1.165, 1.54) is 34.8 Å². The van der Waals surface area contributed by atoms with Crippen molar-refractivity contribution < 1.29 is 28.2 Å². The lowest BCUT2D eigenvalue weighted by molar-refractivity contribution is -0.116. The molecule has 4 aromatic rings. The summed E-state index contributed by atoms with van der Waals surface area (Å²) < 4.78 is 36.8. The molecule has 12 nitrogen and oxygen atoms in total. The number of primary amides is 1. The fourth-order valence-corrected chi connectivity index (χ4v) is 4.38. The number of rotatable bonds is 6. The highest BCUT2D eigenvalue weighted by Crippen LogP contribution is 2.33. The summed E-state index contributed by atoms with van der Waals surface area (Å²) in [7, 11) is 1.47. The van der Waals surface area contributed by atoms with E-state index in [1.807, 2.05) is 4.90 Å². The molecule has 0 radical (unpaired) electrons. The van der Waals surface area contributed by atoms with Gasteiger partial charge in [0, 0.05) is 38.0 Å². The fourth-order valence-electron chi connectivity index (χ4n) is 4.38. The number of nitrogens with two attached hydrogens (primary N) is 1. The third-order valence-electron chi connectivity index (χ3n) is 6.34. The van der Waals surface area contributed by atoms with Crippen molar-refractivity contribution in [2.75, 3.05) is 36.5 Å². The third kappa shape index (κ3) is 4.88. The number of carbonyl (C=O) groups excluding carboxylic acids is 2. The van der Waals surface area contributed by atoms with E-state index in [1.54, 1.807) is 0 Å². The van der Waals surface area contributed by atoms with Gasteiger partial charge in [-0.05, 0) is 17.7 Å². The Bertz CT molecular complexity index is 1680. The molecular weight excluding hydrogens is 516 g/mol. The third-order valence-corrected chi connectivity index (χ3v) is 6.34. The van der Waals surface area contributed by atoms with E-state index >= 15 is 0 Å². The summed E-state index contributed by atoms with van der Waals surface area (Å²) in [6, 6.07) is 3.51. The average molecular weight is 539 g/mol. The van der Waals surface area contributed by atoms with Crippen molar-refractivity contribution in [3.8, 4) is 16.9 Å². The zero-order valence-corrected chi connectivity index (χ0v) is 20.6. The number of fused-ring (bicyclic) bond motifs is 1. The van der Waals surface area contributed by atoms with Crippen molar-refractivity contribution in [2.45, 2.75) is 6.54 Å². The van der Waals surface area contributed by atoms with Gasteiger partial charge >= 0.3 is 0 Å². The normalized spacial score (nSPS) is 13.6. The van der Waals surface area contributed by atoms with Gasteiger partial charge in [0.2, 0.25) is 5.91 Å². The van der Waals surface area contributed by atoms with Gasteiger partial charge in [-0.15, -0.1) is 0 Å². The van der Waals surface area contributed by atoms with Crippen LogP contribution in [-0.2, 0) is 23.1 Å². The summed E-state index contributed by atoms with van der Waals surface area (Å²) in [6.07, 6.45) is 3.66. The first-order valence-corrected chi connectivity index (χ1v) is 11.8. The van der Waals surface area contributed by atoms with E-state index in [-0.39, 0.29) is 34.4 Å². The van der Waals surface area contributed by atoms with Gasteiger partial charge in [0.15, 0.2) is 17.4 Å². The van der Waals surface area contributed by atoms with E-state index in [4.69, 9.17) is 10.5 Å². The predicted octanol–water partition coefficient (Wildman–Crippen LogP) is 1.35. The molecule has 0 unspecified atom stereocenters. The number of benzene rings is 1. The molecule has 1 aliphatic heterocycles. The van der Waals surface area contributed by atoms with Crippen molar-refractivity contribution in [3.05, 3.63) is 64.5 Å². The molecule has 4 N–H and O–H groups in total. The summed E-state index contributed by atoms with van der Waals surface area (Å²) in [6.45, 7) is 1.76. The van der Waals surface area contributed by atoms with Crippen LogP contribution in [0.2, 0.25) is 0 Å². The molecule has 0 saturated carbocycles. The standard InChI is InChI=1S/C25H23F2N7O5/c1-32-12-30-24-21(25(32)38)15(13-6-14(23(28)37)22(36)16(26)7-13)10-34(24)11-20(35)31-18-8-19(29-9-17(18)27)33-2-4-39-5-3-33/h6-10,12,36H,2-5,11H2,1H3,(H2,28,37)(H,29,31,35). The van der Waals surface area contributed by atoms with E-state index < -0.39 is 40.3 Å². The largest absolute Gasteiger partial charge is 0.504 e. The van der Waals surface area contributed by atoms with Crippen LogP contribution in [0, 0.1) is 11.6 Å². The lowest BCUT2D eigenvalue weighted by Crippen LogP contribution is -2.36. The zero-order valence-electron chi connectivity index (χ0n) is 20.6. The molecule has 1 aliphatic rings. The minimum Gasteiger partial charge on any atom is -0.504 e. The number of halogens is 2. The number of amides is 2. The highest BCUT2D eigenvalue weighted by atomic mass is 19.1. The van der Waals surface area contributed by atoms with Gasteiger partial charge < -0.3 is 34.9 Å². The van der Waals surface area contributed by atoms with Crippen LogP contribution in [0.15, 0.2) is 41.7 Å². The maximum Gasteiger partial charge on any atom is 0.263 e. The number of anilines is 2. The Labute approximate surface area is 219 Å². The summed E-state index contributed by atoms with van der Waals surface area (Å²) in [5.74, 6) is -3.99. The average Bonchev–Trinajstić information content (AvgIpc) is 3.28. The maximum atomic E-state index is 14.5. The first-order valence-electron chi connectivity index (χ1n) is 11.8. The number of aryl methyl sites for hydroxylation is 1. The zero-order chi connectivity index (χ0) is 27.8. The van der Waals surface area contributed by atoms with Crippen LogP contribution in [0.5, 0.6) is 5.75 Å². The summed E-state index contributed by atoms with van der Waals surface area (Å²) >= 11 is 0. The van der Waals surface area contributed by atoms with Gasteiger partial charge in [-0.2, -0.15) is 0 Å². The molecule has 1 fully saturated rings. The SMILES string of the molecule is Cn1cnc2c(c(-c3cc(F)c(O)c(C(N)=O)c3)cn2CC(=O)Nc2cc(N3CCOCC3)ncc2F)c1=O. The summed E-state index contributed by atoms with van der Waals surface area (Å²) in [5.41, 5.74) is 4.51. The Hall–Kier alpha value is -4.85. The van der Waals surface area contributed by atoms with E-state index in [0.29, 0.717) is 32.1 Å². The van der Waals surface area contributed by atoms with Crippen LogP contribution < -0.4 is 21.5 Å². The lowest BCUT2D eigenvalue weighted by Gasteiger charge is -2.28. The Balaban J connectivity index is 1.51. The van der Waals surface area contributed by atoms with E-state index in [2.05, 4.69) is 15.3 Å². The van der Waals surface area contributed by atoms with Gasteiger partial charge in [0.25, 0.3) is 11.5 Å². The molecule has 39 heavy (non-hydrogen) atoms. The number of aromatic hydroxyl groups is 1. The topological polar surface area (TPSA) is 158 Å². The Morgan fingerprint density at radius 2 is 1.90 bits per heavy atom.